The highest BCUT2D eigenvalue weighted by Gasteiger charge is 2.02. The first-order valence-corrected chi connectivity index (χ1v) is 5.55. The summed E-state index contributed by atoms with van der Waals surface area (Å²) in [4.78, 5) is 4.42. The molecule has 90 valence electrons. The molecule has 0 atom stereocenters. The maximum absolute atomic E-state index is 10.9. The second kappa shape index (κ2) is 4.37. The molecule has 0 radical (unpaired) electrons. The van der Waals surface area contributed by atoms with Gasteiger partial charge in [-0.2, -0.15) is 4.73 Å². The molecule has 0 saturated heterocycles. The Labute approximate surface area is 103 Å². The van der Waals surface area contributed by atoms with Gasteiger partial charge in [0.2, 0.25) is 0 Å². The first kappa shape index (κ1) is 10.6. The van der Waals surface area contributed by atoms with E-state index in [0.717, 1.165) is 16.1 Å². The average Bonchev–Trinajstić information content (AvgIpc) is 2.81. The van der Waals surface area contributed by atoms with Crippen LogP contribution >= 0.6 is 0 Å². The zero-order valence-electron chi connectivity index (χ0n) is 9.56. The highest BCUT2D eigenvalue weighted by atomic mass is 16.5. The highest BCUT2D eigenvalue weighted by molar-refractivity contribution is 5.39. The summed E-state index contributed by atoms with van der Waals surface area (Å²) >= 11 is 0. The molecule has 3 aromatic rings. The van der Waals surface area contributed by atoms with Crippen LogP contribution in [0.3, 0.4) is 0 Å². The molecule has 5 heteroatoms. The summed E-state index contributed by atoms with van der Waals surface area (Å²) < 4.78 is 8.21. The van der Waals surface area contributed by atoms with E-state index in [0.29, 0.717) is 12.4 Å². The molecule has 0 bridgehead atoms. The van der Waals surface area contributed by atoms with Crippen molar-refractivity contribution in [2.75, 3.05) is 0 Å². The fourth-order valence-corrected chi connectivity index (χ4v) is 1.71. The summed E-state index contributed by atoms with van der Waals surface area (Å²) in [6.07, 6.45) is 6.67. The van der Waals surface area contributed by atoms with E-state index in [2.05, 4.69) is 4.98 Å². The third-order valence-electron chi connectivity index (χ3n) is 2.57. The molecular formula is C13H11N3O2. The van der Waals surface area contributed by atoms with Gasteiger partial charge in [-0.15, -0.1) is 0 Å². The quantitative estimate of drug-likeness (QED) is 0.516. The fraction of sp³-hybridized carbons (Fsp3) is 0.0769. The summed E-state index contributed by atoms with van der Waals surface area (Å²) in [7, 11) is 0. The third kappa shape index (κ3) is 2.10. The smallest absolute Gasteiger partial charge is 0.184 e. The predicted molar refractivity (Wildman–Crippen MR) is 64.9 cm³/mol. The molecule has 0 unspecified atom stereocenters. The fourth-order valence-electron chi connectivity index (χ4n) is 1.71. The van der Waals surface area contributed by atoms with E-state index in [9.17, 15) is 5.21 Å². The van der Waals surface area contributed by atoms with Crippen molar-refractivity contribution in [3.05, 3.63) is 66.0 Å². The Morgan fingerprint density at radius 2 is 2.06 bits per heavy atom. The molecule has 0 aliphatic carbocycles. The van der Waals surface area contributed by atoms with Crippen molar-refractivity contribution in [3.63, 3.8) is 0 Å². The van der Waals surface area contributed by atoms with E-state index < -0.39 is 0 Å². The van der Waals surface area contributed by atoms with Gasteiger partial charge in [-0.3, -0.25) is 0 Å². The van der Waals surface area contributed by atoms with Gasteiger partial charge in [0.05, 0.1) is 5.69 Å². The van der Waals surface area contributed by atoms with Gasteiger partial charge in [-0.05, 0) is 12.1 Å². The van der Waals surface area contributed by atoms with E-state index in [1.54, 1.807) is 12.1 Å². The third-order valence-corrected chi connectivity index (χ3v) is 2.57. The molecule has 18 heavy (non-hydrogen) atoms. The molecule has 0 spiro atoms. The van der Waals surface area contributed by atoms with Gasteiger partial charge in [0, 0.05) is 24.5 Å². The van der Waals surface area contributed by atoms with E-state index in [1.165, 1.54) is 12.4 Å². The highest BCUT2D eigenvalue weighted by Crippen LogP contribution is 2.10. The first-order valence-electron chi connectivity index (χ1n) is 5.55. The molecule has 0 aromatic carbocycles. The minimum Gasteiger partial charge on any atom is -0.619 e. The summed E-state index contributed by atoms with van der Waals surface area (Å²) in [5.41, 5.74) is 1.74. The largest absolute Gasteiger partial charge is 0.619 e. The molecule has 0 amide bonds. The number of fused-ring (bicyclic) bond motifs is 1. The van der Waals surface area contributed by atoms with Gasteiger partial charge in [-0.25, -0.2) is 4.98 Å². The minimum atomic E-state index is 0.380. The van der Waals surface area contributed by atoms with Crippen LogP contribution in [0.5, 0.6) is 5.75 Å². The van der Waals surface area contributed by atoms with Gasteiger partial charge in [-0.1, -0.05) is 6.07 Å². The molecule has 0 saturated carbocycles. The molecule has 3 aromatic heterocycles. The summed E-state index contributed by atoms with van der Waals surface area (Å²) in [5, 5.41) is 10.9. The Balaban J connectivity index is 1.74. The number of ether oxygens (including phenoxy) is 1. The van der Waals surface area contributed by atoms with Crippen molar-refractivity contribution in [2.45, 2.75) is 6.61 Å². The Bertz CT molecular complexity index is 628. The molecule has 0 aliphatic rings. The summed E-state index contributed by atoms with van der Waals surface area (Å²) in [6.45, 7) is 0.380. The Hall–Kier alpha value is -2.56. The number of nitrogens with zero attached hydrogens (tertiary/aromatic N) is 3. The lowest BCUT2D eigenvalue weighted by Crippen LogP contribution is -2.23. The van der Waals surface area contributed by atoms with Crippen LogP contribution in [0.25, 0.3) is 5.65 Å². The topological polar surface area (TPSA) is 53.5 Å². The maximum Gasteiger partial charge on any atom is 0.184 e. The normalized spacial score (nSPS) is 10.7. The van der Waals surface area contributed by atoms with E-state index in [4.69, 9.17) is 4.74 Å². The van der Waals surface area contributed by atoms with Crippen molar-refractivity contribution in [2.24, 2.45) is 0 Å². The van der Waals surface area contributed by atoms with Gasteiger partial charge in [0.15, 0.2) is 12.4 Å². The zero-order valence-corrected chi connectivity index (χ0v) is 9.56. The van der Waals surface area contributed by atoms with E-state index in [-0.39, 0.29) is 0 Å². The first-order chi connectivity index (χ1) is 8.81. The van der Waals surface area contributed by atoms with Crippen LogP contribution in [0.15, 0.2) is 55.1 Å². The lowest BCUT2D eigenvalue weighted by atomic mass is 10.4. The lowest BCUT2D eigenvalue weighted by molar-refractivity contribution is -0.605. The Morgan fingerprint density at radius 1 is 1.22 bits per heavy atom. The monoisotopic (exact) mass is 241 g/mol. The number of rotatable bonds is 3. The number of hydrogen-bond acceptors (Lipinski definition) is 3. The van der Waals surface area contributed by atoms with Crippen molar-refractivity contribution in [1.82, 2.24) is 9.38 Å². The molecule has 5 nitrogen and oxygen atoms in total. The second-order valence-electron chi connectivity index (χ2n) is 3.88. The zero-order chi connectivity index (χ0) is 12.4. The summed E-state index contributed by atoms with van der Waals surface area (Å²) in [6, 6.07) is 9.08. The minimum absolute atomic E-state index is 0.380. The Morgan fingerprint density at radius 3 is 2.83 bits per heavy atom. The van der Waals surface area contributed by atoms with Crippen LogP contribution in [0.1, 0.15) is 5.69 Å². The van der Waals surface area contributed by atoms with Crippen molar-refractivity contribution in [3.8, 4) is 5.75 Å². The summed E-state index contributed by atoms with van der Waals surface area (Å²) in [5.74, 6) is 0.652. The molecule has 0 N–H and O–H groups in total. The van der Waals surface area contributed by atoms with Crippen LogP contribution in [0.2, 0.25) is 0 Å². The predicted octanol–water partition coefficient (Wildman–Crippen LogP) is 1.55. The van der Waals surface area contributed by atoms with Gasteiger partial charge in [0.1, 0.15) is 18.0 Å². The van der Waals surface area contributed by atoms with Crippen LogP contribution < -0.4 is 9.47 Å². The molecular weight excluding hydrogens is 230 g/mol. The van der Waals surface area contributed by atoms with Gasteiger partial charge >= 0.3 is 0 Å². The van der Waals surface area contributed by atoms with Crippen LogP contribution in [-0.2, 0) is 6.61 Å². The van der Waals surface area contributed by atoms with Crippen molar-refractivity contribution < 1.29 is 9.47 Å². The van der Waals surface area contributed by atoms with Crippen molar-refractivity contribution >= 4 is 5.65 Å². The molecule has 3 rings (SSSR count). The molecule has 0 aliphatic heterocycles. The number of aromatic nitrogens is 3. The maximum atomic E-state index is 10.9. The SMILES string of the molecule is [O-][n+]1ccc(OCc2cn3ccccc3n2)cc1. The lowest BCUT2D eigenvalue weighted by Gasteiger charge is -2.02. The van der Waals surface area contributed by atoms with Gasteiger partial charge in [0.25, 0.3) is 0 Å². The van der Waals surface area contributed by atoms with Crippen LogP contribution in [0, 0.1) is 5.21 Å². The van der Waals surface area contributed by atoms with E-state index in [1.807, 2.05) is 35.0 Å². The van der Waals surface area contributed by atoms with Crippen LogP contribution in [0.4, 0.5) is 0 Å². The van der Waals surface area contributed by atoms with Gasteiger partial charge < -0.3 is 14.3 Å². The average molecular weight is 241 g/mol. The standard InChI is InChI=1S/C13H11N3O2/c17-16-7-4-12(5-8-16)18-10-11-9-15-6-2-1-3-13(15)14-11/h1-9H,10H2. The van der Waals surface area contributed by atoms with Crippen molar-refractivity contribution in [1.29, 1.82) is 0 Å². The number of imidazole rings is 1. The second-order valence-corrected chi connectivity index (χ2v) is 3.88. The molecule has 0 fully saturated rings. The number of hydrogen-bond donors (Lipinski definition) is 0. The molecule has 3 heterocycles. The Kier molecular flexibility index (Phi) is 2.57. The number of pyridine rings is 2. The van der Waals surface area contributed by atoms with E-state index >= 15 is 0 Å². The van der Waals surface area contributed by atoms with Crippen LogP contribution in [-0.4, -0.2) is 9.38 Å².